The fourth-order valence-corrected chi connectivity index (χ4v) is 9.51. The smallest absolute Gasteiger partial charge is 0.416 e. The number of phenolic OH excluding ortho intramolecular Hbond substituents is 1. The molecule has 1 N–H and O–H groups in total. The highest BCUT2D eigenvalue weighted by molar-refractivity contribution is 5.95. The largest absolute Gasteiger partial charge is 0.508 e. The Kier molecular flexibility index (Phi) is 8.26. The van der Waals surface area contributed by atoms with E-state index in [1.54, 1.807) is 30.5 Å². The van der Waals surface area contributed by atoms with Crippen LogP contribution >= 0.6 is 0 Å². The molecule has 0 atom stereocenters. The second kappa shape index (κ2) is 12.7. The Labute approximate surface area is 293 Å². The van der Waals surface area contributed by atoms with Gasteiger partial charge in [-0.2, -0.15) is 18.3 Å². The lowest BCUT2D eigenvalue weighted by atomic mass is 9.49. The van der Waals surface area contributed by atoms with Crippen LogP contribution in [0.25, 0.3) is 16.8 Å². The predicted molar refractivity (Wildman–Crippen MR) is 183 cm³/mol. The van der Waals surface area contributed by atoms with Crippen molar-refractivity contribution in [2.75, 3.05) is 44.7 Å². The molecule has 3 heterocycles. The maximum Gasteiger partial charge on any atom is 0.416 e. The van der Waals surface area contributed by atoms with Gasteiger partial charge in [-0.25, -0.2) is 4.68 Å². The lowest BCUT2D eigenvalue weighted by Gasteiger charge is -2.57. The Morgan fingerprint density at radius 1 is 0.902 bits per heavy atom. The quantitative estimate of drug-likeness (QED) is 0.241. The van der Waals surface area contributed by atoms with E-state index in [4.69, 9.17) is 0 Å². The molecular formula is C38H40F3N7O3. The van der Waals surface area contributed by atoms with Gasteiger partial charge in [0.25, 0.3) is 11.8 Å². The molecular weight excluding hydrogens is 659 g/mol. The van der Waals surface area contributed by atoms with Gasteiger partial charge in [0.05, 0.1) is 17.4 Å². The number of anilines is 1. The Bertz CT molecular complexity index is 1920. The molecule has 1 aliphatic heterocycles. The molecule has 4 aliphatic carbocycles. The minimum Gasteiger partial charge on any atom is -0.508 e. The van der Waals surface area contributed by atoms with Gasteiger partial charge in [-0.05, 0) is 110 Å². The van der Waals surface area contributed by atoms with Crippen LogP contribution in [0.15, 0.2) is 67.0 Å². The molecule has 2 aromatic heterocycles. The van der Waals surface area contributed by atoms with E-state index in [1.807, 2.05) is 16.8 Å². The number of carbonyl (C=O) groups is 2. The molecule has 4 saturated carbocycles. The number of nitrogens with zero attached hydrogens (tertiary/aromatic N) is 7. The van der Waals surface area contributed by atoms with Crippen LogP contribution in [0.1, 0.15) is 64.9 Å². The zero-order valence-electron chi connectivity index (χ0n) is 28.4. The summed E-state index contributed by atoms with van der Waals surface area (Å²) in [5.74, 6) is 2.41. The summed E-state index contributed by atoms with van der Waals surface area (Å²) in [5, 5.41) is 22.7. The first-order valence-corrected chi connectivity index (χ1v) is 17.6. The molecule has 0 unspecified atom stereocenters. The lowest BCUT2D eigenvalue weighted by molar-refractivity contribution is -0.137. The van der Waals surface area contributed by atoms with E-state index in [9.17, 15) is 27.9 Å². The molecule has 266 valence electrons. The highest BCUT2D eigenvalue weighted by Gasteiger charge is 2.51. The highest BCUT2D eigenvalue weighted by atomic mass is 19.4. The van der Waals surface area contributed by atoms with E-state index < -0.39 is 17.6 Å². The van der Waals surface area contributed by atoms with Crippen molar-refractivity contribution in [1.29, 1.82) is 0 Å². The van der Waals surface area contributed by atoms with Crippen molar-refractivity contribution >= 4 is 17.6 Å². The molecule has 4 bridgehead atoms. The molecule has 2 aromatic carbocycles. The van der Waals surface area contributed by atoms with Crippen LogP contribution in [0.4, 0.5) is 19.0 Å². The minimum atomic E-state index is -4.68. The van der Waals surface area contributed by atoms with E-state index in [0.29, 0.717) is 35.7 Å². The first-order valence-electron chi connectivity index (χ1n) is 17.6. The standard InChI is InChI=1S/C38H40F3N7O3/c1-45(23-37-18-24-11-25(19-37)13-26(12-24)20-37)36(51)33-5-6-34(44-43-33)46-7-9-47(10-8-46)35(50)28-14-30(38(39,40)41)17-31(15-28)48-22-29(21-42-48)27-3-2-4-32(49)16-27/h2-6,14-17,21-22,24-26,49H,7-13,18-20,23H2,1H3. The summed E-state index contributed by atoms with van der Waals surface area (Å²) in [7, 11) is 1.86. The summed E-state index contributed by atoms with van der Waals surface area (Å²) >= 11 is 0. The molecule has 51 heavy (non-hydrogen) atoms. The van der Waals surface area contributed by atoms with Crippen molar-refractivity contribution in [3.05, 3.63) is 83.8 Å². The number of amides is 2. The van der Waals surface area contributed by atoms with Crippen LogP contribution in [-0.2, 0) is 6.18 Å². The number of aromatic hydroxyl groups is 1. The summed E-state index contributed by atoms with van der Waals surface area (Å²) in [6.07, 6.45) is 6.09. The second-order valence-corrected chi connectivity index (χ2v) is 15.1. The third kappa shape index (κ3) is 6.65. The summed E-state index contributed by atoms with van der Waals surface area (Å²) in [6.45, 7) is 2.09. The Morgan fingerprint density at radius 2 is 1.61 bits per heavy atom. The normalized spacial score (nSPS) is 24.2. The van der Waals surface area contributed by atoms with Crippen molar-refractivity contribution in [1.82, 2.24) is 29.8 Å². The monoisotopic (exact) mass is 699 g/mol. The fourth-order valence-electron chi connectivity index (χ4n) is 9.51. The van der Waals surface area contributed by atoms with Crippen LogP contribution < -0.4 is 4.90 Å². The van der Waals surface area contributed by atoms with Crippen LogP contribution in [0.5, 0.6) is 5.75 Å². The molecule has 1 saturated heterocycles. The van der Waals surface area contributed by atoms with Crippen molar-refractivity contribution < 1.29 is 27.9 Å². The van der Waals surface area contributed by atoms with Crippen molar-refractivity contribution in [3.63, 3.8) is 0 Å². The summed E-state index contributed by atoms with van der Waals surface area (Å²) in [5.41, 5.74) is 0.812. The molecule has 4 aromatic rings. The van der Waals surface area contributed by atoms with E-state index >= 15 is 0 Å². The molecule has 10 nitrogen and oxygen atoms in total. The van der Waals surface area contributed by atoms with Gasteiger partial charge in [0.1, 0.15) is 5.75 Å². The SMILES string of the molecule is CN(CC12CC3CC(CC(C3)C1)C2)C(=O)c1ccc(N2CCN(C(=O)c3cc(-n4cc(-c5cccc(O)c5)cn4)cc(C(F)(F)F)c3)CC2)nn1. The zero-order chi connectivity index (χ0) is 35.5. The number of hydrogen-bond donors (Lipinski definition) is 1. The van der Waals surface area contributed by atoms with Crippen LogP contribution in [0.2, 0.25) is 0 Å². The fraction of sp³-hybridized carbons (Fsp3) is 0.447. The molecule has 9 rings (SSSR count). The topological polar surface area (TPSA) is 108 Å². The average Bonchev–Trinajstić information content (AvgIpc) is 3.61. The van der Waals surface area contributed by atoms with Gasteiger partial charge >= 0.3 is 6.18 Å². The van der Waals surface area contributed by atoms with Gasteiger partial charge < -0.3 is 19.8 Å². The number of piperazine rings is 1. The van der Waals surface area contributed by atoms with Gasteiger partial charge in [0.15, 0.2) is 11.5 Å². The number of rotatable bonds is 7. The van der Waals surface area contributed by atoms with E-state index in [1.165, 1.54) is 72.5 Å². The van der Waals surface area contributed by atoms with Crippen molar-refractivity contribution in [2.45, 2.75) is 44.7 Å². The van der Waals surface area contributed by atoms with Crippen molar-refractivity contribution in [2.24, 2.45) is 23.2 Å². The molecule has 13 heteroatoms. The van der Waals surface area contributed by atoms with Crippen molar-refractivity contribution in [3.8, 4) is 22.6 Å². The van der Waals surface area contributed by atoms with Gasteiger partial charge in [0, 0.05) is 57.1 Å². The number of benzene rings is 2. The van der Waals surface area contributed by atoms with Crippen LogP contribution in [0, 0.1) is 23.2 Å². The van der Waals surface area contributed by atoms with Crippen LogP contribution in [0.3, 0.4) is 0 Å². The number of aromatic nitrogens is 4. The van der Waals surface area contributed by atoms with Gasteiger partial charge in [-0.3, -0.25) is 9.59 Å². The number of carbonyl (C=O) groups excluding carboxylic acids is 2. The zero-order valence-corrected chi connectivity index (χ0v) is 28.4. The van der Waals surface area contributed by atoms with Crippen LogP contribution in [-0.4, -0.2) is 86.5 Å². The number of hydrogen-bond acceptors (Lipinski definition) is 7. The maximum absolute atomic E-state index is 14.0. The Morgan fingerprint density at radius 3 is 2.24 bits per heavy atom. The predicted octanol–water partition coefficient (Wildman–Crippen LogP) is 6.30. The first-order chi connectivity index (χ1) is 24.4. The van der Waals surface area contributed by atoms with Gasteiger partial charge in [-0.15, -0.1) is 10.2 Å². The average molecular weight is 700 g/mol. The summed E-state index contributed by atoms with van der Waals surface area (Å²) in [6, 6.07) is 13.2. The third-order valence-corrected chi connectivity index (χ3v) is 11.4. The minimum absolute atomic E-state index is 0.0525. The number of alkyl halides is 3. The van der Waals surface area contributed by atoms with E-state index in [0.717, 1.165) is 36.4 Å². The summed E-state index contributed by atoms with van der Waals surface area (Å²) in [4.78, 5) is 32.3. The third-order valence-electron chi connectivity index (χ3n) is 11.4. The molecule has 0 spiro atoms. The van der Waals surface area contributed by atoms with Gasteiger partial charge in [-0.1, -0.05) is 12.1 Å². The first kappa shape index (κ1) is 33.2. The Balaban J connectivity index is 0.916. The van der Waals surface area contributed by atoms with E-state index in [-0.39, 0.29) is 41.4 Å². The van der Waals surface area contributed by atoms with Gasteiger partial charge in [0.2, 0.25) is 0 Å². The Hall–Kier alpha value is -4.94. The molecule has 5 aliphatic rings. The van der Waals surface area contributed by atoms with E-state index in [2.05, 4.69) is 15.3 Å². The molecule has 5 fully saturated rings. The maximum atomic E-state index is 14.0. The number of phenols is 1. The molecule has 0 radical (unpaired) electrons. The number of halogens is 3. The molecule has 2 amide bonds. The lowest BCUT2D eigenvalue weighted by Crippen LogP contribution is -2.51. The summed E-state index contributed by atoms with van der Waals surface area (Å²) < 4.78 is 43.3. The second-order valence-electron chi connectivity index (χ2n) is 15.1. The highest BCUT2D eigenvalue weighted by Crippen LogP contribution is 2.60.